The first kappa shape index (κ1) is 16.0. The molecule has 2 saturated heterocycles. The van der Waals surface area contributed by atoms with Crippen LogP contribution in [0.3, 0.4) is 0 Å². The Balaban J connectivity index is 1.66. The second kappa shape index (κ2) is 6.72. The van der Waals surface area contributed by atoms with Gasteiger partial charge in [-0.2, -0.15) is 0 Å². The number of methoxy groups -OCH3 is 1. The van der Waals surface area contributed by atoms with Crippen LogP contribution in [0.4, 0.5) is 14.9 Å². The largest absolute Gasteiger partial charge is 0.494 e. The van der Waals surface area contributed by atoms with Gasteiger partial charge in [-0.05, 0) is 18.6 Å². The maximum absolute atomic E-state index is 13.8. The lowest BCUT2D eigenvalue weighted by Crippen LogP contribution is -2.59. The van der Waals surface area contributed by atoms with E-state index >= 15 is 0 Å². The van der Waals surface area contributed by atoms with E-state index in [9.17, 15) is 9.18 Å². The van der Waals surface area contributed by atoms with Crippen molar-refractivity contribution in [3.05, 3.63) is 23.5 Å². The van der Waals surface area contributed by atoms with Crippen molar-refractivity contribution in [3.63, 3.8) is 0 Å². The summed E-state index contributed by atoms with van der Waals surface area (Å²) in [7, 11) is 1.42. The number of aryl methyl sites for hydroxylation is 1. The molecule has 1 aromatic rings. The van der Waals surface area contributed by atoms with Gasteiger partial charge in [-0.15, -0.1) is 0 Å². The van der Waals surface area contributed by atoms with Gasteiger partial charge >= 0.3 is 6.03 Å². The number of hydrogen-bond acceptors (Lipinski definition) is 4. The van der Waals surface area contributed by atoms with Gasteiger partial charge in [-0.3, -0.25) is 4.90 Å². The Morgan fingerprint density at radius 1 is 1.39 bits per heavy atom. The van der Waals surface area contributed by atoms with Crippen molar-refractivity contribution < 1.29 is 18.7 Å². The van der Waals surface area contributed by atoms with Crippen molar-refractivity contribution in [3.8, 4) is 5.75 Å². The summed E-state index contributed by atoms with van der Waals surface area (Å²) >= 11 is 0. The molecule has 2 amide bonds. The number of benzene rings is 1. The molecule has 3 rings (SSSR count). The second-order valence-electron chi connectivity index (χ2n) is 5.94. The molecule has 1 N–H and O–H groups in total. The number of halogens is 1. The van der Waals surface area contributed by atoms with E-state index in [4.69, 9.17) is 9.47 Å². The third kappa shape index (κ3) is 3.40. The van der Waals surface area contributed by atoms with Gasteiger partial charge in [0.1, 0.15) is 0 Å². The molecule has 23 heavy (non-hydrogen) atoms. The van der Waals surface area contributed by atoms with Crippen LogP contribution in [0.1, 0.15) is 5.56 Å². The number of carbonyl (C=O) groups excluding carboxylic acids is 1. The number of morpholine rings is 1. The van der Waals surface area contributed by atoms with Crippen molar-refractivity contribution in [2.45, 2.75) is 13.0 Å². The Bertz CT molecular complexity index is 596. The quantitative estimate of drug-likeness (QED) is 0.900. The molecule has 0 aromatic heterocycles. The standard InChI is InChI=1S/C16H22FN3O3/c1-11-7-15(22-2)13(17)8-14(11)18-16(21)20-4-3-19-5-6-23-10-12(19)9-20/h7-8,12H,3-6,9-10H2,1-2H3,(H,18,21). The third-order valence-electron chi connectivity index (χ3n) is 4.47. The van der Waals surface area contributed by atoms with Crippen LogP contribution in [0.2, 0.25) is 0 Å². The molecule has 126 valence electrons. The van der Waals surface area contributed by atoms with Crippen molar-refractivity contribution in [2.75, 3.05) is 51.8 Å². The molecule has 0 spiro atoms. The van der Waals surface area contributed by atoms with Crippen molar-refractivity contribution >= 4 is 11.7 Å². The summed E-state index contributed by atoms with van der Waals surface area (Å²) in [5.74, 6) is -0.313. The van der Waals surface area contributed by atoms with Crippen LogP contribution in [-0.4, -0.2) is 68.4 Å². The van der Waals surface area contributed by atoms with Crippen LogP contribution < -0.4 is 10.1 Å². The van der Waals surface area contributed by atoms with E-state index in [-0.39, 0.29) is 17.8 Å². The Morgan fingerprint density at radius 2 is 2.22 bits per heavy atom. The molecule has 0 bridgehead atoms. The number of piperazine rings is 1. The Morgan fingerprint density at radius 3 is 3.00 bits per heavy atom. The molecular formula is C16H22FN3O3. The highest BCUT2D eigenvalue weighted by molar-refractivity contribution is 5.90. The van der Waals surface area contributed by atoms with Crippen molar-refractivity contribution in [2.24, 2.45) is 0 Å². The number of amides is 2. The number of rotatable bonds is 2. The van der Waals surface area contributed by atoms with Gasteiger partial charge < -0.3 is 19.7 Å². The van der Waals surface area contributed by atoms with Crippen molar-refractivity contribution in [1.82, 2.24) is 9.80 Å². The van der Waals surface area contributed by atoms with E-state index in [0.717, 1.165) is 25.3 Å². The zero-order valence-electron chi connectivity index (χ0n) is 13.5. The maximum atomic E-state index is 13.8. The summed E-state index contributed by atoms with van der Waals surface area (Å²) in [6.07, 6.45) is 0. The lowest BCUT2D eigenvalue weighted by Gasteiger charge is -2.43. The minimum Gasteiger partial charge on any atom is -0.494 e. The average molecular weight is 323 g/mol. The predicted molar refractivity (Wildman–Crippen MR) is 84.5 cm³/mol. The molecule has 2 aliphatic rings. The normalized spacial score (nSPS) is 21.7. The molecule has 0 aliphatic carbocycles. The fourth-order valence-electron chi connectivity index (χ4n) is 3.07. The number of carbonyl (C=O) groups is 1. The number of urea groups is 1. The van der Waals surface area contributed by atoms with E-state index in [1.807, 2.05) is 6.92 Å². The fourth-order valence-corrected chi connectivity index (χ4v) is 3.07. The Labute approximate surface area is 135 Å². The zero-order chi connectivity index (χ0) is 16.4. The minimum atomic E-state index is -0.487. The van der Waals surface area contributed by atoms with E-state index in [2.05, 4.69) is 10.2 Å². The van der Waals surface area contributed by atoms with Gasteiger partial charge in [-0.25, -0.2) is 9.18 Å². The highest BCUT2D eigenvalue weighted by atomic mass is 19.1. The topological polar surface area (TPSA) is 54.0 Å². The molecule has 6 nitrogen and oxygen atoms in total. The van der Waals surface area contributed by atoms with Crippen LogP contribution in [0.5, 0.6) is 5.75 Å². The molecule has 7 heteroatoms. The highest BCUT2D eigenvalue weighted by Gasteiger charge is 2.31. The molecule has 2 fully saturated rings. The van der Waals surface area contributed by atoms with Crippen LogP contribution in [0.15, 0.2) is 12.1 Å². The van der Waals surface area contributed by atoms with Crippen LogP contribution >= 0.6 is 0 Å². The lowest BCUT2D eigenvalue weighted by molar-refractivity contribution is -0.0355. The van der Waals surface area contributed by atoms with Gasteiger partial charge in [0, 0.05) is 37.9 Å². The number of hydrogen-bond donors (Lipinski definition) is 1. The van der Waals surface area contributed by atoms with Gasteiger partial charge in [-0.1, -0.05) is 0 Å². The summed E-state index contributed by atoms with van der Waals surface area (Å²) in [6.45, 7) is 6.28. The summed E-state index contributed by atoms with van der Waals surface area (Å²) in [5.41, 5.74) is 1.23. The molecule has 1 aromatic carbocycles. The number of anilines is 1. The van der Waals surface area contributed by atoms with E-state index < -0.39 is 5.82 Å². The number of nitrogens with one attached hydrogen (secondary N) is 1. The monoisotopic (exact) mass is 323 g/mol. The van der Waals surface area contributed by atoms with E-state index in [1.54, 1.807) is 11.0 Å². The first-order chi connectivity index (χ1) is 11.1. The summed E-state index contributed by atoms with van der Waals surface area (Å²) < 4.78 is 24.3. The fraction of sp³-hybridized carbons (Fsp3) is 0.562. The average Bonchev–Trinajstić information content (AvgIpc) is 2.57. The predicted octanol–water partition coefficient (Wildman–Crippen LogP) is 1.69. The minimum absolute atomic E-state index is 0.175. The molecule has 2 aliphatic heterocycles. The smallest absolute Gasteiger partial charge is 0.321 e. The molecule has 1 atom stereocenters. The first-order valence-corrected chi connectivity index (χ1v) is 7.80. The summed E-state index contributed by atoms with van der Waals surface area (Å²) in [5, 5.41) is 2.80. The van der Waals surface area contributed by atoms with Gasteiger partial charge in [0.15, 0.2) is 11.6 Å². The maximum Gasteiger partial charge on any atom is 0.321 e. The third-order valence-corrected chi connectivity index (χ3v) is 4.47. The molecule has 0 saturated carbocycles. The van der Waals surface area contributed by atoms with Crippen LogP contribution in [0.25, 0.3) is 0 Å². The van der Waals surface area contributed by atoms with Crippen molar-refractivity contribution in [1.29, 1.82) is 0 Å². The first-order valence-electron chi connectivity index (χ1n) is 7.80. The van der Waals surface area contributed by atoms with Gasteiger partial charge in [0.05, 0.1) is 26.4 Å². The molecule has 0 radical (unpaired) electrons. The number of nitrogens with zero attached hydrogens (tertiary/aromatic N) is 2. The molecular weight excluding hydrogens is 301 g/mol. The summed E-state index contributed by atoms with van der Waals surface area (Å²) in [6, 6.07) is 2.92. The number of fused-ring (bicyclic) bond motifs is 1. The van der Waals surface area contributed by atoms with Gasteiger partial charge in [0.25, 0.3) is 0 Å². The summed E-state index contributed by atoms with van der Waals surface area (Å²) in [4.78, 5) is 16.6. The Kier molecular flexibility index (Phi) is 4.68. The van der Waals surface area contributed by atoms with E-state index in [1.165, 1.54) is 13.2 Å². The molecule has 1 unspecified atom stereocenters. The number of ether oxygens (including phenoxy) is 2. The zero-order valence-corrected chi connectivity index (χ0v) is 13.5. The highest BCUT2D eigenvalue weighted by Crippen LogP contribution is 2.25. The van der Waals surface area contributed by atoms with Gasteiger partial charge in [0.2, 0.25) is 0 Å². The van der Waals surface area contributed by atoms with Crippen LogP contribution in [0, 0.1) is 12.7 Å². The second-order valence-corrected chi connectivity index (χ2v) is 5.94. The Hall–Kier alpha value is -1.86. The van der Waals surface area contributed by atoms with Crippen LogP contribution in [-0.2, 0) is 4.74 Å². The SMILES string of the molecule is COc1cc(C)c(NC(=O)N2CCN3CCOCC3C2)cc1F. The lowest BCUT2D eigenvalue weighted by atomic mass is 10.1. The molecule has 2 heterocycles. The van der Waals surface area contributed by atoms with E-state index in [0.29, 0.717) is 25.4 Å².